The van der Waals surface area contributed by atoms with Gasteiger partial charge >= 0.3 is 0 Å². The van der Waals surface area contributed by atoms with Crippen LogP contribution in [0.4, 0.5) is 4.39 Å². The second kappa shape index (κ2) is 8.07. The van der Waals surface area contributed by atoms with E-state index in [-0.39, 0.29) is 18.0 Å². The highest BCUT2D eigenvalue weighted by molar-refractivity contribution is 7.85. The quantitative estimate of drug-likeness (QED) is 0.729. The van der Waals surface area contributed by atoms with Gasteiger partial charge in [0.05, 0.1) is 18.6 Å². The van der Waals surface area contributed by atoms with Gasteiger partial charge in [-0.2, -0.15) is 13.5 Å². The van der Waals surface area contributed by atoms with Crippen LogP contribution in [0, 0.1) is 11.7 Å². The second-order valence-electron chi connectivity index (χ2n) is 6.41. The lowest BCUT2D eigenvalue weighted by Gasteiger charge is -2.13. The van der Waals surface area contributed by atoms with Crippen molar-refractivity contribution in [1.82, 2.24) is 9.78 Å². The van der Waals surface area contributed by atoms with Crippen LogP contribution in [0.1, 0.15) is 25.0 Å². The Bertz CT molecular complexity index is 955. The summed E-state index contributed by atoms with van der Waals surface area (Å²) in [6.07, 6.45) is 0.905. The summed E-state index contributed by atoms with van der Waals surface area (Å²) in [5.74, 6) is -0.335. The number of benzene rings is 1. The zero-order valence-electron chi connectivity index (χ0n) is 14.9. The lowest BCUT2D eigenvalue weighted by atomic mass is 10.1. The highest BCUT2D eigenvalue weighted by Gasteiger charge is 2.14. The molecule has 2 rings (SSSR count). The number of aromatic nitrogens is 2. The molecule has 0 fully saturated rings. The molecule has 1 heterocycles. The van der Waals surface area contributed by atoms with E-state index < -0.39 is 28.1 Å². The van der Waals surface area contributed by atoms with Crippen molar-refractivity contribution in [3.63, 3.8) is 0 Å². The number of halogens is 1. The van der Waals surface area contributed by atoms with Crippen molar-refractivity contribution >= 4 is 10.1 Å². The van der Waals surface area contributed by atoms with Gasteiger partial charge in [0.2, 0.25) is 0 Å². The zero-order valence-corrected chi connectivity index (χ0v) is 15.7. The summed E-state index contributed by atoms with van der Waals surface area (Å²) in [6, 6.07) is 5.91. The Labute approximate surface area is 151 Å². The molecule has 1 aromatic carbocycles. The number of hydrogen-bond donors (Lipinski definition) is 1. The summed E-state index contributed by atoms with van der Waals surface area (Å²) in [4.78, 5) is 12.5. The van der Waals surface area contributed by atoms with E-state index in [9.17, 15) is 17.6 Å². The summed E-state index contributed by atoms with van der Waals surface area (Å²) < 4.78 is 42.5. The molecule has 0 aliphatic heterocycles. The molecule has 142 valence electrons. The van der Waals surface area contributed by atoms with Crippen molar-refractivity contribution in [3.05, 3.63) is 51.6 Å². The van der Waals surface area contributed by atoms with Gasteiger partial charge in [-0.05, 0) is 18.1 Å². The molecule has 0 aliphatic rings. The zero-order chi connectivity index (χ0) is 19.5. The van der Waals surface area contributed by atoms with Gasteiger partial charge in [-0.25, -0.2) is 9.07 Å². The first-order valence-corrected chi connectivity index (χ1v) is 9.86. The molecule has 0 aliphatic carbocycles. The fraction of sp³-hybridized carbons (Fsp3) is 0.412. The first kappa shape index (κ1) is 20.2. The molecule has 0 spiro atoms. The number of nitrogens with zero attached hydrogens (tertiary/aromatic N) is 2. The molecular formula is C17H22FN3O4S. The van der Waals surface area contributed by atoms with Gasteiger partial charge in [0, 0.05) is 29.8 Å². The summed E-state index contributed by atoms with van der Waals surface area (Å²) in [7, 11) is -3.71. The van der Waals surface area contributed by atoms with Crippen molar-refractivity contribution in [3.8, 4) is 11.3 Å². The first-order valence-electron chi connectivity index (χ1n) is 8.05. The van der Waals surface area contributed by atoms with Crippen LogP contribution in [0.5, 0.6) is 0 Å². The van der Waals surface area contributed by atoms with Crippen LogP contribution < -0.4 is 11.3 Å². The molecule has 9 heteroatoms. The Kier molecular flexibility index (Phi) is 6.27. The summed E-state index contributed by atoms with van der Waals surface area (Å²) in [5.41, 5.74) is 6.33. The Morgan fingerprint density at radius 1 is 1.27 bits per heavy atom. The highest BCUT2D eigenvalue weighted by Crippen LogP contribution is 2.20. The molecule has 2 aromatic rings. The van der Waals surface area contributed by atoms with Crippen molar-refractivity contribution in [2.75, 3.05) is 6.26 Å². The topological polar surface area (TPSA) is 104 Å². The minimum Gasteiger partial charge on any atom is -0.326 e. The van der Waals surface area contributed by atoms with Gasteiger partial charge in [-0.15, -0.1) is 0 Å². The fourth-order valence-corrected chi connectivity index (χ4v) is 2.69. The molecule has 0 amide bonds. The van der Waals surface area contributed by atoms with Crippen molar-refractivity contribution in [2.45, 2.75) is 33.5 Å². The standard InChI is InChI=1S/C17H22FN3O4S/c1-11(2)9-21-17(22)14(10-25-26(3,23)24)7-16(20-21)12-4-5-13(8-19)15(18)6-12/h4-7,11H,8-10,19H2,1-3H3. The molecule has 0 saturated carbocycles. The third-order valence-corrected chi connectivity index (χ3v) is 4.13. The SMILES string of the molecule is CC(C)Cn1nc(-c2ccc(CN)c(F)c2)cc(COS(C)(=O)=O)c1=O. The Morgan fingerprint density at radius 2 is 1.96 bits per heavy atom. The summed E-state index contributed by atoms with van der Waals surface area (Å²) in [6.45, 7) is 3.84. The molecule has 2 N–H and O–H groups in total. The van der Waals surface area contributed by atoms with Gasteiger partial charge in [-0.1, -0.05) is 26.0 Å². The molecular weight excluding hydrogens is 361 g/mol. The van der Waals surface area contributed by atoms with Crippen molar-refractivity contribution < 1.29 is 17.0 Å². The highest BCUT2D eigenvalue weighted by atomic mass is 32.2. The molecule has 7 nitrogen and oxygen atoms in total. The minimum atomic E-state index is -3.71. The molecule has 0 radical (unpaired) electrons. The Morgan fingerprint density at radius 3 is 2.50 bits per heavy atom. The second-order valence-corrected chi connectivity index (χ2v) is 8.06. The predicted molar refractivity (Wildman–Crippen MR) is 96.3 cm³/mol. The van der Waals surface area contributed by atoms with E-state index in [1.807, 2.05) is 13.8 Å². The smallest absolute Gasteiger partial charge is 0.272 e. The average Bonchev–Trinajstić information content (AvgIpc) is 2.54. The van der Waals surface area contributed by atoms with Crippen molar-refractivity contribution in [2.24, 2.45) is 11.7 Å². The number of hydrogen-bond acceptors (Lipinski definition) is 6. The Hall–Kier alpha value is -2.10. The van der Waals surface area contributed by atoms with E-state index in [1.165, 1.54) is 16.8 Å². The number of nitrogens with two attached hydrogens (primary N) is 1. The van der Waals surface area contributed by atoms with Crippen LogP contribution >= 0.6 is 0 Å². The average molecular weight is 383 g/mol. The van der Waals surface area contributed by atoms with E-state index >= 15 is 0 Å². The monoisotopic (exact) mass is 383 g/mol. The largest absolute Gasteiger partial charge is 0.326 e. The third kappa shape index (κ3) is 5.20. The maximum atomic E-state index is 14.1. The van der Waals surface area contributed by atoms with E-state index in [4.69, 9.17) is 9.92 Å². The minimum absolute atomic E-state index is 0.0693. The first-order chi connectivity index (χ1) is 12.1. The molecule has 0 unspecified atom stereocenters. The van der Waals surface area contributed by atoms with E-state index in [0.29, 0.717) is 23.4 Å². The van der Waals surface area contributed by atoms with Gasteiger partial charge in [0.1, 0.15) is 5.82 Å². The predicted octanol–water partition coefficient (Wildman–Crippen LogP) is 1.64. The third-order valence-electron chi connectivity index (χ3n) is 3.58. The maximum Gasteiger partial charge on any atom is 0.272 e. The lowest BCUT2D eigenvalue weighted by molar-refractivity contribution is 0.307. The summed E-state index contributed by atoms with van der Waals surface area (Å²) in [5, 5.41) is 4.29. The van der Waals surface area contributed by atoms with Gasteiger partial charge in [-0.3, -0.25) is 8.98 Å². The van der Waals surface area contributed by atoms with Crippen LogP contribution in [-0.4, -0.2) is 24.5 Å². The fourth-order valence-electron chi connectivity index (χ4n) is 2.35. The summed E-state index contributed by atoms with van der Waals surface area (Å²) >= 11 is 0. The molecule has 0 saturated heterocycles. The lowest BCUT2D eigenvalue weighted by Crippen LogP contribution is -2.29. The molecule has 26 heavy (non-hydrogen) atoms. The van der Waals surface area contributed by atoms with Crippen LogP contribution in [0.2, 0.25) is 0 Å². The van der Waals surface area contributed by atoms with Crippen molar-refractivity contribution in [1.29, 1.82) is 0 Å². The normalized spacial score (nSPS) is 11.9. The van der Waals surface area contributed by atoms with Crippen LogP contribution in [0.25, 0.3) is 11.3 Å². The van der Waals surface area contributed by atoms with E-state index in [0.717, 1.165) is 6.26 Å². The Balaban J connectivity index is 2.54. The van der Waals surface area contributed by atoms with Gasteiger partial charge in [0.15, 0.2) is 0 Å². The van der Waals surface area contributed by atoms with Crippen LogP contribution in [0.15, 0.2) is 29.1 Å². The number of rotatable bonds is 7. The molecule has 1 aromatic heterocycles. The maximum absolute atomic E-state index is 14.1. The van der Waals surface area contributed by atoms with E-state index in [2.05, 4.69) is 5.10 Å². The van der Waals surface area contributed by atoms with E-state index in [1.54, 1.807) is 12.1 Å². The van der Waals surface area contributed by atoms with Gasteiger partial charge in [0.25, 0.3) is 15.7 Å². The molecule has 0 atom stereocenters. The van der Waals surface area contributed by atoms with Gasteiger partial charge < -0.3 is 5.73 Å². The van der Waals surface area contributed by atoms with Crippen LogP contribution in [0.3, 0.4) is 0 Å². The van der Waals surface area contributed by atoms with Crippen LogP contribution in [-0.2, 0) is 34.0 Å². The molecule has 0 bridgehead atoms.